The van der Waals surface area contributed by atoms with Gasteiger partial charge in [0.15, 0.2) is 0 Å². The Hall–Kier alpha value is -1.17. The lowest BCUT2D eigenvalue weighted by molar-refractivity contribution is 0.556. The standard InChI is InChI=1S/C15H16BrN3S/c1-2-17-13(9-15-12(16)6-8-20-15)11-10-18-19-7-4-3-5-14(11)19/h3-8,10,13,17H,2,9H2,1H3. The zero-order chi connectivity index (χ0) is 13.9. The second-order valence-corrected chi connectivity index (χ2v) is 6.49. The minimum absolute atomic E-state index is 0.287. The maximum absolute atomic E-state index is 4.44. The first-order valence-electron chi connectivity index (χ1n) is 6.67. The van der Waals surface area contributed by atoms with Crippen molar-refractivity contribution in [3.05, 3.63) is 57.0 Å². The maximum Gasteiger partial charge on any atom is 0.0709 e. The molecule has 0 aromatic carbocycles. The van der Waals surface area contributed by atoms with Gasteiger partial charge >= 0.3 is 0 Å². The molecule has 0 fully saturated rings. The molecule has 3 aromatic rings. The second-order valence-electron chi connectivity index (χ2n) is 4.64. The van der Waals surface area contributed by atoms with Gasteiger partial charge in [0.25, 0.3) is 0 Å². The van der Waals surface area contributed by atoms with Crippen LogP contribution < -0.4 is 5.32 Å². The number of likely N-dealkylation sites (N-methyl/N-ethyl adjacent to an activating group) is 1. The molecule has 104 valence electrons. The molecule has 0 aliphatic rings. The van der Waals surface area contributed by atoms with Crippen LogP contribution in [-0.2, 0) is 6.42 Å². The van der Waals surface area contributed by atoms with Crippen LogP contribution in [0.25, 0.3) is 5.52 Å². The van der Waals surface area contributed by atoms with Crippen LogP contribution >= 0.6 is 27.3 Å². The topological polar surface area (TPSA) is 29.3 Å². The number of thiophene rings is 1. The smallest absolute Gasteiger partial charge is 0.0709 e. The van der Waals surface area contributed by atoms with Crippen molar-refractivity contribution >= 4 is 32.8 Å². The van der Waals surface area contributed by atoms with Crippen molar-refractivity contribution in [2.75, 3.05) is 6.54 Å². The van der Waals surface area contributed by atoms with Gasteiger partial charge in [0, 0.05) is 33.6 Å². The van der Waals surface area contributed by atoms with Crippen LogP contribution in [0.4, 0.5) is 0 Å². The Morgan fingerprint density at radius 2 is 2.30 bits per heavy atom. The van der Waals surface area contributed by atoms with Crippen LogP contribution in [0.2, 0.25) is 0 Å². The van der Waals surface area contributed by atoms with Crippen LogP contribution in [0.3, 0.4) is 0 Å². The molecule has 0 amide bonds. The lowest BCUT2D eigenvalue weighted by atomic mass is 10.0. The molecule has 20 heavy (non-hydrogen) atoms. The highest BCUT2D eigenvalue weighted by molar-refractivity contribution is 9.10. The predicted molar refractivity (Wildman–Crippen MR) is 87.3 cm³/mol. The second kappa shape index (κ2) is 6.08. The molecule has 0 saturated heterocycles. The lowest BCUT2D eigenvalue weighted by Crippen LogP contribution is -2.22. The number of nitrogens with one attached hydrogen (secondary N) is 1. The Balaban J connectivity index is 1.96. The van der Waals surface area contributed by atoms with Crippen molar-refractivity contribution in [3.63, 3.8) is 0 Å². The Bertz CT molecular complexity index is 704. The molecule has 0 radical (unpaired) electrons. The van der Waals surface area contributed by atoms with Gasteiger partial charge in [-0.2, -0.15) is 5.10 Å². The first kappa shape index (κ1) is 13.8. The highest BCUT2D eigenvalue weighted by Crippen LogP contribution is 2.29. The number of nitrogens with zero attached hydrogens (tertiary/aromatic N) is 2. The first-order valence-corrected chi connectivity index (χ1v) is 8.34. The summed E-state index contributed by atoms with van der Waals surface area (Å²) in [6.45, 7) is 3.08. The third-order valence-electron chi connectivity index (χ3n) is 3.36. The van der Waals surface area contributed by atoms with Crippen molar-refractivity contribution in [1.82, 2.24) is 14.9 Å². The number of fused-ring (bicyclic) bond motifs is 1. The van der Waals surface area contributed by atoms with Gasteiger partial charge in [0.05, 0.1) is 11.7 Å². The maximum atomic E-state index is 4.44. The van der Waals surface area contributed by atoms with Crippen LogP contribution in [0.15, 0.2) is 46.5 Å². The zero-order valence-corrected chi connectivity index (χ0v) is 13.6. The Labute approximate surface area is 130 Å². The fourth-order valence-electron chi connectivity index (χ4n) is 2.42. The molecule has 3 rings (SSSR count). The van der Waals surface area contributed by atoms with Crippen LogP contribution in [-0.4, -0.2) is 16.2 Å². The normalized spacial score (nSPS) is 12.9. The van der Waals surface area contributed by atoms with E-state index in [1.54, 1.807) is 11.3 Å². The quantitative estimate of drug-likeness (QED) is 0.752. The molecular formula is C15H16BrN3S. The minimum atomic E-state index is 0.287. The van der Waals surface area contributed by atoms with Crippen LogP contribution in [0.5, 0.6) is 0 Å². The van der Waals surface area contributed by atoms with Crippen LogP contribution in [0, 0.1) is 0 Å². The van der Waals surface area contributed by atoms with E-state index in [0.29, 0.717) is 0 Å². The fraction of sp³-hybridized carbons (Fsp3) is 0.267. The number of halogens is 1. The van der Waals surface area contributed by atoms with E-state index in [1.165, 1.54) is 20.4 Å². The van der Waals surface area contributed by atoms with E-state index in [1.807, 2.05) is 23.0 Å². The summed E-state index contributed by atoms with van der Waals surface area (Å²) >= 11 is 5.41. The van der Waals surface area contributed by atoms with Crippen molar-refractivity contribution in [2.24, 2.45) is 0 Å². The van der Waals surface area contributed by atoms with Gasteiger partial charge in [-0.25, -0.2) is 4.52 Å². The summed E-state index contributed by atoms with van der Waals surface area (Å²) in [5.41, 5.74) is 2.43. The summed E-state index contributed by atoms with van der Waals surface area (Å²) in [6, 6.07) is 8.58. The van der Waals surface area contributed by atoms with Gasteiger partial charge in [-0.1, -0.05) is 13.0 Å². The first-order chi connectivity index (χ1) is 9.79. The van der Waals surface area contributed by atoms with Crippen molar-refractivity contribution in [1.29, 1.82) is 0 Å². The molecular weight excluding hydrogens is 334 g/mol. The Kier molecular flexibility index (Phi) is 4.19. The summed E-state index contributed by atoms with van der Waals surface area (Å²) in [7, 11) is 0. The van der Waals surface area contributed by atoms with Gasteiger partial charge in [-0.15, -0.1) is 11.3 Å². The predicted octanol–water partition coefficient (Wildman–Crippen LogP) is 4.05. The Morgan fingerprint density at radius 3 is 3.05 bits per heavy atom. The summed E-state index contributed by atoms with van der Waals surface area (Å²) < 4.78 is 3.13. The Morgan fingerprint density at radius 1 is 1.40 bits per heavy atom. The average molecular weight is 350 g/mol. The molecule has 1 atom stereocenters. The molecule has 0 bridgehead atoms. The highest BCUT2D eigenvalue weighted by Gasteiger charge is 2.17. The number of pyridine rings is 1. The van der Waals surface area contributed by atoms with Gasteiger partial charge in [0.2, 0.25) is 0 Å². The fourth-order valence-corrected chi connectivity index (χ4v) is 3.98. The molecule has 0 spiro atoms. The van der Waals surface area contributed by atoms with E-state index in [0.717, 1.165) is 13.0 Å². The third-order valence-corrected chi connectivity index (χ3v) is 5.31. The number of hydrogen-bond donors (Lipinski definition) is 1. The van der Waals surface area contributed by atoms with E-state index in [2.05, 4.69) is 56.8 Å². The summed E-state index contributed by atoms with van der Waals surface area (Å²) in [6.07, 6.45) is 4.94. The van der Waals surface area contributed by atoms with E-state index in [9.17, 15) is 0 Å². The van der Waals surface area contributed by atoms with Gasteiger partial charge in [-0.3, -0.25) is 0 Å². The summed E-state index contributed by atoms with van der Waals surface area (Å²) in [4.78, 5) is 1.37. The minimum Gasteiger partial charge on any atom is -0.310 e. The molecule has 3 aromatic heterocycles. The van der Waals surface area contributed by atoms with Crippen LogP contribution in [0.1, 0.15) is 23.4 Å². The van der Waals surface area contributed by atoms with E-state index >= 15 is 0 Å². The largest absolute Gasteiger partial charge is 0.310 e. The van der Waals surface area contributed by atoms with Crippen molar-refractivity contribution in [3.8, 4) is 0 Å². The van der Waals surface area contributed by atoms with Gasteiger partial charge in [-0.05, 0) is 46.1 Å². The molecule has 3 heterocycles. The summed E-state index contributed by atoms with van der Waals surface area (Å²) in [5.74, 6) is 0. The summed E-state index contributed by atoms with van der Waals surface area (Å²) in [5, 5.41) is 10.1. The molecule has 5 heteroatoms. The molecule has 3 nitrogen and oxygen atoms in total. The van der Waals surface area contributed by atoms with Crippen molar-refractivity contribution < 1.29 is 0 Å². The van der Waals surface area contributed by atoms with Gasteiger partial charge < -0.3 is 5.32 Å². The van der Waals surface area contributed by atoms with E-state index in [4.69, 9.17) is 0 Å². The number of rotatable bonds is 5. The molecule has 1 N–H and O–H groups in total. The third kappa shape index (κ3) is 2.66. The zero-order valence-electron chi connectivity index (χ0n) is 11.2. The number of aromatic nitrogens is 2. The van der Waals surface area contributed by atoms with E-state index < -0.39 is 0 Å². The van der Waals surface area contributed by atoms with Crippen molar-refractivity contribution in [2.45, 2.75) is 19.4 Å². The number of hydrogen-bond acceptors (Lipinski definition) is 3. The monoisotopic (exact) mass is 349 g/mol. The lowest BCUT2D eigenvalue weighted by Gasteiger charge is -2.16. The average Bonchev–Trinajstić information content (AvgIpc) is 3.05. The van der Waals surface area contributed by atoms with E-state index in [-0.39, 0.29) is 6.04 Å². The van der Waals surface area contributed by atoms with Gasteiger partial charge in [0.1, 0.15) is 0 Å². The molecule has 0 aliphatic heterocycles. The molecule has 0 aliphatic carbocycles. The molecule has 1 unspecified atom stereocenters. The molecule has 0 saturated carbocycles. The SMILES string of the molecule is CCNC(Cc1sccc1Br)c1cnn2ccccc12. The highest BCUT2D eigenvalue weighted by atomic mass is 79.9.